The molecule has 0 unspecified atom stereocenters. The van der Waals surface area contributed by atoms with Crippen molar-refractivity contribution in [1.82, 2.24) is 14.9 Å². The van der Waals surface area contributed by atoms with Crippen LogP contribution in [0.15, 0.2) is 21.3 Å². The molecule has 27 heavy (non-hydrogen) atoms. The molecule has 0 radical (unpaired) electrons. The summed E-state index contributed by atoms with van der Waals surface area (Å²) in [6.07, 6.45) is 4.91. The molecule has 154 valence electrons. The maximum Gasteiger partial charge on any atom is 0.252 e. The van der Waals surface area contributed by atoms with E-state index in [4.69, 9.17) is 4.74 Å². The largest absolute Gasteiger partial charge is 0.379 e. The van der Waals surface area contributed by atoms with Crippen molar-refractivity contribution in [2.24, 2.45) is 4.99 Å². The Labute approximate surface area is 183 Å². The zero-order valence-electron chi connectivity index (χ0n) is 15.6. The molecule has 1 aromatic heterocycles. The lowest BCUT2D eigenvalue weighted by molar-refractivity contribution is 0.0731. The Bertz CT molecular complexity index is 712. The van der Waals surface area contributed by atoms with Crippen molar-refractivity contribution in [1.29, 1.82) is 0 Å². The average molecular weight is 528 g/mol. The number of nitrogens with zero attached hydrogens (tertiary/aromatic N) is 2. The average Bonchev–Trinajstić information content (AvgIpc) is 3.33. The third kappa shape index (κ3) is 6.28. The molecule has 1 aliphatic heterocycles. The predicted octanol–water partition coefficient (Wildman–Crippen LogP) is 2.38. The van der Waals surface area contributed by atoms with Crippen molar-refractivity contribution in [3.8, 4) is 0 Å². The van der Waals surface area contributed by atoms with E-state index in [0.29, 0.717) is 43.1 Å². The van der Waals surface area contributed by atoms with Gasteiger partial charge in [-0.3, -0.25) is 0 Å². The highest BCUT2D eigenvalue weighted by Crippen LogP contribution is 2.26. The number of guanidine groups is 1. The van der Waals surface area contributed by atoms with Gasteiger partial charge in [0.25, 0.3) is 10.0 Å². The van der Waals surface area contributed by atoms with Gasteiger partial charge in [-0.15, -0.1) is 35.3 Å². The Morgan fingerprint density at radius 1 is 1.30 bits per heavy atom. The zero-order valence-corrected chi connectivity index (χ0v) is 19.6. The van der Waals surface area contributed by atoms with Crippen molar-refractivity contribution in [3.63, 3.8) is 0 Å². The summed E-state index contributed by atoms with van der Waals surface area (Å²) in [7, 11) is -3.42. The lowest BCUT2D eigenvalue weighted by Crippen LogP contribution is -2.42. The third-order valence-electron chi connectivity index (χ3n) is 4.63. The Morgan fingerprint density at radius 3 is 2.67 bits per heavy atom. The van der Waals surface area contributed by atoms with Crippen LogP contribution in [-0.2, 0) is 21.3 Å². The molecule has 0 aromatic carbocycles. The molecule has 1 saturated carbocycles. The van der Waals surface area contributed by atoms with Crippen molar-refractivity contribution < 1.29 is 13.2 Å². The second-order valence-electron chi connectivity index (χ2n) is 6.56. The number of ether oxygens (including phenoxy) is 1. The van der Waals surface area contributed by atoms with Gasteiger partial charge >= 0.3 is 0 Å². The lowest BCUT2D eigenvalue weighted by atomic mass is 10.2. The van der Waals surface area contributed by atoms with Crippen molar-refractivity contribution in [3.05, 3.63) is 17.0 Å². The van der Waals surface area contributed by atoms with E-state index in [2.05, 4.69) is 15.6 Å². The Kier molecular flexibility index (Phi) is 9.26. The van der Waals surface area contributed by atoms with Gasteiger partial charge in [0.1, 0.15) is 4.21 Å². The first-order valence-corrected chi connectivity index (χ1v) is 11.6. The highest BCUT2D eigenvalue weighted by molar-refractivity contribution is 14.0. The minimum absolute atomic E-state index is 0. The maximum atomic E-state index is 12.7. The molecule has 0 amide bonds. The fourth-order valence-corrected chi connectivity index (χ4v) is 6.08. The summed E-state index contributed by atoms with van der Waals surface area (Å²) in [5, 5.41) is 6.75. The van der Waals surface area contributed by atoms with Gasteiger partial charge in [-0.2, -0.15) is 4.31 Å². The molecule has 7 nitrogen and oxygen atoms in total. The minimum Gasteiger partial charge on any atom is -0.379 e. The molecule has 1 saturated heterocycles. The van der Waals surface area contributed by atoms with Gasteiger partial charge in [0.15, 0.2) is 5.96 Å². The van der Waals surface area contributed by atoms with E-state index < -0.39 is 10.0 Å². The molecule has 0 bridgehead atoms. The molecule has 0 spiro atoms. The number of hydrogen-bond donors (Lipinski definition) is 2. The molecule has 10 heteroatoms. The summed E-state index contributed by atoms with van der Waals surface area (Å²) in [5.74, 6) is 0.811. The van der Waals surface area contributed by atoms with E-state index in [1.807, 2.05) is 13.0 Å². The van der Waals surface area contributed by atoms with Crippen LogP contribution in [0, 0.1) is 0 Å². The van der Waals surface area contributed by atoms with Gasteiger partial charge in [0, 0.05) is 30.6 Å². The number of halogens is 1. The van der Waals surface area contributed by atoms with Crippen molar-refractivity contribution in [2.75, 3.05) is 32.8 Å². The van der Waals surface area contributed by atoms with Crippen molar-refractivity contribution >= 4 is 51.3 Å². The molecule has 2 N–H and O–H groups in total. The number of hydrogen-bond acceptors (Lipinski definition) is 5. The summed E-state index contributed by atoms with van der Waals surface area (Å²) in [4.78, 5) is 5.58. The summed E-state index contributed by atoms with van der Waals surface area (Å²) in [6.45, 7) is 5.09. The summed E-state index contributed by atoms with van der Waals surface area (Å²) in [6, 6.07) is 4.05. The van der Waals surface area contributed by atoms with E-state index in [1.165, 1.54) is 41.3 Å². The van der Waals surface area contributed by atoms with Crippen LogP contribution >= 0.6 is 35.3 Å². The molecule has 1 aliphatic carbocycles. The minimum atomic E-state index is -3.42. The maximum absolute atomic E-state index is 12.7. The van der Waals surface area contributed by atoms with E-state index in [1.54, 1.807) is 6.07 Å². The monoisotopic (exact) mass is 528 g/mol. The smallest absolute Gasteiger partial charge is 0.252 e. The SMILES string of the molecule is CCNC(=NCc1ccc(S(=O)(=O)N2CCOCC2)s1)NC1CCCC1.I. The van der Waals surface area contributed by atoms with Crippen LogP contribution in [0.5, 0.6) is 0 Å². The first kappa shape index (κ1) is 22.9. The molecule has 2 fully saturated rings. The first-order valence-electron chi connectivity index (χ1n) is 9.31. The summed E-state index contributed by atoms with van der Waals surface area (Å²) < 4.78 is 32.5. The number of nitrogens with one attached hydrogen (secondary N) is 2. The van der Waals surface area contributed by atoms with Gasteiger partial charge in [0.05, 0.1) is 19.8 Å². The van der Waals surface area contributed by atoms with Gasteiger partial charge in [0.2, 0.25) is 0 Å². The van der Waals surface area contributed by atoms with Gasteiger partial charge in [-0.1, -0.05) is 12.8 Å². The molecule has 3 rings (SSSR count). The summed E-state index contributed by atoms with van der Waals surface area (Å²) in [5.41, 5.74) is 0. The van der Waals surface area contributed by atoms with Gasteiger partial charge in [-0.25, -0.2) is 13.4 Å². The Hall–Kier alpha value is -0.430. The topological polar surface area (TPSA) is 83.0 Å². The van der Waals surface area contributed by atoms with Crippen LogP contribution in [0.3, 0.4) is 0 Å². The molecule has 2 aliphatic rings. The van der Waals surface area contributed by atoms with Crippen LogP contribution in [0.4, 0.5) is 0 Å². The van der Waals surface area contributed by atoms with Crippen LogP contribution < -0.4 is 10.6 Å². The van der Waals surface area contributed by atoms with Crippen LogP contribution in [0.25, 0.3) is 0 Å². The van der Waals surface area contributed by atoms with E-state index >= 15 is 0 Å². The van der Waals surface area contributed by atoms with E-state index in [9.17, 15) is 8.42 Å². The number of aliphatic imine (C=N–C) groups is 1. The van der Waals surface area contributed by atoms with E-state index in [0.717, 1.165) is 17.4 Å². The standard InChI is InChI=1S/C17H28N4O3S2.HI/c1-2-18-17(20-14-5-3-4-6-14)19-13-15-7-8-16(25-15)26(22,23)21-9-11-24-12-10-21;/h7-8,14H,2-6,9-13H2,1H3,(H2,18,19,20);1H. The molecule has 2 heterocycles. The second kappa shape index (κ2) is 10.9. The zero-order chi connectivity index (χ0) is 18.4. The van der Waals surface area contributed by atoms with Crippen LogP contribution in [0.1, 0.15) is 37.5 Å². The number of thiophene rings is 1. The first-order chi connectivity index (χ1) is 12.6. The number of sulfonamides is 1. The summed E-state index contributed by atoms with van der Waals surface area (Å²) >= 11 is 1.30. The van der Waals surface area contributed by atoms with Crippen LogP contribution in [-0.4, -0.2) is 57.6 Å². The van der Waals surface area contributed by atoms with Gasteiger partial charge in [-0.05, 0) is 31.9 Å². The second-order valence-corrected chi connectivity index (χ2v) is 9.89. The molecular formula is C17H29IN4O3S2. The van der Waals surface area contributed by atoms with Gasteiger partial charge < -0.3 is 15.4 Å². The normalized spacial score (nSPS) is 19.7. The van der Waals surface area contributed by atoms with Crippen LogP contribution in [0.2, 0.25) is 0 Å². The molecule has 0 atom stereocenters. The lowest BCUT2D eigenvalue weighted by Gasteiger charge is -2.25. The molecular weight excluding hydrogens is 499 g/mol. The number of rotatable bonds is 6. The van der Waals surface area contributed by atoms with Crippen molar-refractivity contribution in [2.45, 2.75) is 49.4 Å². The quantitative estimate of drug-likeness (QED) is 0.337. The predicted molar refractivity (Wildman–Crippen MR) is 120 cm³/mol. The van der Waals surface area contributed by atoms with E-state index in [-0.39, 0.29) is 24.0 Å². The highest BCUT2D eigenvalue weighted by atomic mass is 127. The Balaban J connectivity index is 0.00000261. The Morgan fingerprint density at radius 2 is 2.00 bits per heavy atom. The fraction of sp³-hybridized carbons (Fsp3) is 0.706. The fourth-order valence-electron chi connectivity index (χ4n) is 3.24. The molecule has 1 aromatic rings. The third-order valence-corrected chi connectivity index (χ3v) is 8.07. The number of morpholine rings is 1. The highest BCUT2D eigenvalue weighted by Gasteiger charge is 2.27.